The zero-order valence-electron chi connectivity index (χ0n) is 14.2. The molecule has 4 fully saturated rings. The normalized spacial score (nSPS) is 35.0. The van der Waals surface area contributed by atoms with Gasteiger partial charge in [-0.2, -0.15) is 4.73 Å². The van der Waals surface area contributed by atoms with Gasteiger partial charge in [0.05, 0.1) is 5.75 Å². The third kappa shape index (κ3) is 3.03. The Bertz CT molecular complexity index is 598. The molecule has 5 rings (SSSR count). The molecule has 1 amide bonds. The molecular weight excluding hydrogens is 320 g/mol. The summed E-state index contributed by atoms with van der Waals surface area (Å²) in [6.45, 7) is 2.20. The average molecular weight is 346 g/mol. The highest BCUT2D eigenvalue weighted by Crippen LogP contribution is 2.61. The Kier molecular flexibility index (Phi) is 4.23. The number of amides is 1. The Balaban J connectivity index is 1.35. The van der Waals surface area contributed by atoms with E-state index in [1.165, 1.54) is 56.5 Å². The van der Waals surface area contributed by atoms with Crippen molar-refractivity contribution < 1.29 is 9.52 Å². The van der Waals surface area contributed by atoms with Crippen LogP contribution in [-0.4, -0.2) is 17.7 Å². The fourth-order valence-electron chi connectivity index (χ4n) is 5.81. The van der Waals surface area contributed by atoms with Gasteiger partial charge in [0, 0.05) is 18.2 Å². The lowest BCUT2D eigenvalue weighted by Gasteiger charge is -2.59. The molecule has 0 unspecified atom stereocenters. The Morgan fingerprint density at radius 1 is 1.29 bits per heavy atom. The summed E-state index contributed by atoms with van der Waals surface area (Å²) >= 11 is 1.31. The van der Waals surface area contributed by atoms with Gasteiger partial charge in [0.1, 0.15) is 0 Å². The maximum absolute atomic E-state index is 12.4. The van der Waals surface area contributed by atoms with Crippen molar-refractivity contribution >= 4 is 17.7 Å². The van der Waals surface area contributed by atoms with Gasteiger partial charge in [-0.05, 0) is 86.4 Å². The van der Waals surface area contributed by atoms with Crippen LogP contribution in [0.4, 0.5) is 0 Å². The lowest BCUT2D eigenvalue weighted by Crippen LogP contribution is -2.56. The lowest BCUT2D eigenvalue weighted by molar-refractivity contribution is -0.645. The Hall–Kier alpha value is -1.23. The minimum atomic E-state index is 0.0482. The van der Waals surface area contributed by atoms with Crippen LogP contribution in [0.2, 0.25) is 0 Å². The highest BCUT2D eigenvalue weighted by molar-refractivity contribution is 7.99. The molecule has 4 aliphatic carbocycles. The van der Waals surface area contributed by atoms with Crippen LogP contribution < -0.4 is 10.0 Å². The lowest BCUT2D eigenvalue weighted by atomic mass is 9.48. The number of carbonyl (C=O) groups is 1. The van der Waals surface area contributed by atoms with Crippen LogP contribution in [0.15, 0.2) is 29.4 Å². The maximum Gasteiger partial charge on any atom is 0.251 e. The van der Waals surface area contributed by atoms with Crippen LogP contribution in [0.3, 0.4) is 0 Å². The standard InChI is InChI=1S/C19H26N2O2S/c1-13(19-9-14-6-15(10-19)8-16(7-14)11-19)20-17(22)12-24-18-4-2-3-5-21(18)23/h2-5,13-16H,6-12H2,1H3,(H,20,22)/t13-,14?,15?,16?,19?/m0/s1. The summed E-state index contributed by atoms with van der Waals surface area (Å²) in [6.07, 6.45) is 9.64. The van der Waals surface area contributed by atoms with Gasteiger partial charge in [0.25, 0.3) is 5.03 Å². The quantitative estimate of drug-likeness (QED) is 0.506. The molecule has 0 saturated heterocycles. The maximum atomic E-state index is 12.4. The van der Waals surface area contributed by atoms with Gasteiger partial charge in [-0.15, -0.1) is 0 Å². The first kappa shape index (κ1) is 16.2. The molecule has 0 radical (unpaired) electrons. The number of pyridine rings is 1. The number of carbonyl (C=O) groups excluding carboxylic acids is 1. The smallest absolute Gasteiger partial charge is 0.251 e. The van der Waals surface area contributed by atoms with Gasteiger partial charge >= 0.3 is 0 Å². The number of rotatable bonds is 5. The van der Waals surface area contributed by atoms with E-state index in [0.29, 0.717) is 16.2 Å². The fraction of sp³-hybridized carbons (Fsp3) is 0.684. The molecule has 4 aliphatic rings. The predicted molar refractivity (Wildman–Crippen MR) is 94.3 cm³/mol. The van der Waals surface area contributed by atoms with Crippen LogP contribution in [-0.2, 0) is 4.79 Å². The Labute approximate surface area is 148 Å². The molecule has 1 atom stereocenters. The van der Waals surface area contributed by atoms with Crippen LogP contribution in [0.1, 0.15) is 45.4 Å². The molecule has 1 aromatic heterocycles. The van der Waals surface area contributed by atoms with Crippen molar-refractivity contribution in [2.45, 2.75) is 56.5 Å². The molecule has 0 aliphatic heterocycles. The third-order valence-corrected chi connectivity index (χ3v) is 7.54. The van der Waals surface area contributed by atoms with E-state index in [1.807, 2.05) is 6.07 Å². The van der Waals surface area contributed by atoms with Gasteiger partial charge < -0.3 is 10.5 Å². The number of nitrogens with zero attached hydrogens (tertiary/aromatic N) is 1. The molecule has 130 valence electrons. The molecule has 4 bridgehead atoms. The zero-order valence-corrected chi connectivity index (χ0v) is 15.1. The van der Waals surface area contributed by atoms with Gasteiger partial charge in [0.15, 0.2) is 6.20 Å². The first-order chi connectivity index (χ1) is 11.5. The summed E-state index contributed by atoms with van der Waals surface area (Å²) in [4.78, 5) is 12.4. The number of hydrogen-bond acceptors (Lipinski definition) is 3. The second-order valence-corrected chi connectivity index (χ2v) is 9.22. The molecule has 0 aromatic carbocycles. The van der Waals surface area contributed by atoms with E-state index in [-0.39, 0.29) is 11.9 Å². The summed E-state index contributed by atoms with van der Waals surface area (Å²) in [6, 6.07) is 5.53. The molecule has 1 N–H and O–H groups in total. The van der Waals surface area contributed by atoms with Crippen LogP contribution in [0.25, 0.3) is 0 Å². The average Bonchev–Trinajstić information content (AvgIpc) is 2.53. The van der Waals surface area contributed by atoms with E-state index in [0.717, 1.165) is 22.5 Å². The van der Waals surface area contributed by atoms with Gasteiger partial charge in [-0.3, -0.25) is 4.79 Å². The minimum Gasteiger partial charge on any atom is -0.618 e. The fourth-order valence-corrected chi connectivity index (χ4v) is 6.53. The highest BCUT2D eigenvalue weighted by Gasteiger charge is 2.53. The van der Waals surface area contributed by atoms with E-state index in [2.05, 4.69) is 12.2 Å². The van der Waals surface area contributed by atoms with E-state index in [9.17, 15) is 10.0 Å². The van der Waals surface area contributed by atoms with Crippen LogP contribution >= 0.6 is 11.8 Å². The summed E-state index contributed by atoms with van der Waals surface area (Å²) in [5, 5.41) is 15.5. The first-order valence-electron chi connectivity index (χ1n) is 9.14. The monoisotopic (exact) mass is 346 g/mol. The Morgan fingerprint density at radius 3 is 2.50 bits per heavy atom. The molecule has 0 spiro atoms. The number of nitrogens with one attached hydrogen (secondary N) is 1. The highest BCUT2D eigenvalue weighted by atomic mass is 32.2. The van der Waals surface area contributed by atoms with Crippen molar-refractivity contribution in [2.75, 3.05) is 5.75 Å². The zero-order chi connectivity index (χ0) is 16.7. The number of thioether (sulfide) groups is 1. The molecule has 4 nitrogen and oxygen atoms in total. The van der Waals surface area contributed by atoms with Crippen molar-refractivity contribution in [3.05, 3.63) is 29.6 Å². The molecule has 24 heavy (non-hydrogen) atoms. The number of hydrogen-bond donors (Lipinski definition) is 1. The van der Waals surface area contributed by atoms with Gasteiger partial charge in [0.2, 0.25) is 5.91 Å². The second-order valence-electron chi connectivity index (χ2n) is 8.22. The van der Waals surface area contributed by atoms with E-state index < -0.39 is 0 Å². The number of aromatic nitrogens is 1. The third-order valence-electron chi connectivity index (χ3n) is 6.52. The molecule has 4 saturated carbocycles. The predicted octanol–water partition coefficient (Wildman–Crippen LogP) is 3.13. The minimum absolute atomic E-state index is 0.0482. The van der Waals surface area contributed by atoms with Crippen LogP contribution in [0, 0.1) is 28.4 Å². The molecular formula is C19H26N2O2S. The summed E-state index contributed by atoms with van der Waals surface area (Å²) in [5.74, 6) is 3.05. The second kappa shape index (κ2) is 6.25. The van der Waals surface area contributed by atoms with Gasteiger partial charge in [-0.1, -0.05) is 0 Å². The van der Waals surface area contributed by atoms with Crippen molar-refractivity contribution in [3.8, 4) is 0 Å². The van der Waals surface area contributed by atoms with Crippen LogP contribution in [0.5, 0.6) is 0 Å². The summed E-state index contributed by atoms with van der Waals surface area (Å²) in [5.41, 5.74) is 0.334. The van der Waals surface area contributed by atoms with Crippen molar-refractivity contribution in [1.82, 2.24) is 5.32 Å². The topological polar surface area (TPSA) is 56.0 Å². The van der Waals surface area contributed by atoms with E-state index in [1.54, 1.807) is 12.1 Å². The first-order valence-corrected chi connectivity index (χ1v) is 10.1. The van der Waals surface area contributed by atoms with Crippen molar-refractivity contribution in [3.63, 3.8) is 0 Å². The van der Waals surface area contributed by atoms with Crippen molar-refractivity contribution in [2.24, 2.45) is 23.2 Å². The van der Waals surface area contributed by atoms with E-state index in [4.69, 9.17) is 0 Å². The Morgan fingerprint density at radius 2 is 1.92 bits per heavy atom. The van der Waals surface area contributed by atoms with Gasteiger partial charge in [-0.25, -0.2) is 0 Å². The SMILES string of the molecule is C[C@H](NC(=O)CSc1cccc[n+]1[O-])C12CC3CC(CC(C3)C1)C2. The molecule has 1 heterocycles. The summed E-state index contributed by atoms with van der Waals surface area (Å²) < 4.78 is 0.820. The summed E-state index contributed by atoms with van der Waals surface area (Å²) in [7, 11) is 0. The molecule has 5 heteroatoms. The largest absolute Gasteiger partial charge is 0.618 e. The van der Waals surface area contributed by atoms with Crippen molar-refractivity contribution in [1.29, 1.82) is 0 Å². The van der Waals surface area contributed by atoms with E-state index >= 15 is 0 Å². The molecule has 1 aromatic rings.